The van der Waals surface area contributed by atoms with Crippen LogP contribution in [0.15, 0.2) is 30.3 Å². The molecular formula is C23H30N4O2S. The minimum absolute atomic E-state index is 0.00339. The highest BCUT2D eigenvalue weighted by Gasteiger charge is 2.18. The van der Waals surface area contributed by atoms with Crippen molar-refractivity contribution >= 4 is 27.5 Å². The number of carbonyl (C=O) groups is 1. The molecule has 3 aromatic rings. The van der Waals surface area contributed by atoms with Crippen LogP contribution in [0.5, 0.6) is 5.75 Å². The van der Waals surface area contributed by atoms with Crippen LogP contribution in [0.25, 0.3) is 21.5 Å². The van der Waals surface area contributed by atoms with E-state index in [2.05, 4.69) is 15.3 Å². The maximum atomic E-state index is 12.7. The topological polar surface area (TPSA) is 59.4 Å². The molecule has 0 atom stereocenters. The second kappa shape index (κ2) is 9.62. The van der Waals surface area contributed by atoms with Gasteiger partial charge in [0.15, 0.2) is 0 Å². The van der Waals surface area contributed by atoms with Crippen LogP contribution >= 0.6 is 11.3 Å². The lowest BCUT2D eigenvalue weighted by Crippen LogP contribution is -2.30. The van der Waals surface area contributed by atoms with Gasteiger partial charge in [0.25, 0.3) is 5.91 Å². The summed E-state index contributed by atoms with van der Waals surface area (Å²) in [7, 11) is 3.58. The third-order valence-electron chi connectivity index (χ3n) is 5.71. The van der Waals surface area contributed by atoms with E-state index in [1.165, 1.54) is 50.1 Å². The fourth-order valence-corrected chi connectivity index (χ4v) is 5.08. The van der Waals surface area contributed by atoms with E-state index in [-0.39, 0.29) is 5.91 Å². The number of benzene rings is 1. The Labute approximate surface area is 181 Å². The molecule has 3 heterocycles. The number of methoxy groups -OCH3 is 1. The lowest BCUT2D eigenvalue weighted by molar-refractivity contribution is 0.0956. The summed E-state index contributed by atoms with van der Waals surface area (Å²) in [6.07, 6.45) is 6.31. The van der Waals surface area contributed by atoms with Gasteiger partial charge in [0.1, 0.15) is 16.3 Å². The molecule has 1 amide bonds. The molecule has 1 N–H and O–H groups in total. The lowest BCUT2D eigenvalue weighted by atomic mass is 10.1. The zero-order valence-corrected chi connectivity index (χ0v) is 18.6. The van der Waals surface area contributed by atoms with Gasteiger partial charge in [0.2, 0.25) is 0 Å². The number of amides is 1. The van der Waals surface area contributed by atoms with E-state index in [0.717, 1.165) is 45.1 Å². The number of aromatic nitrogens is 2. The Morgan fingerprint density at radius 2 is 2.00 bits per heavy atom. The minimum atomic E-state index is 0.00339. The van der Waals surface area contributed by atoms with E-state index in [1.54, 1.807) is 7.11 Å². The number of hydrogen-bond acceptors (Lipinski definition) is 5. The highest BCUT2D eigenvalue weighted by Crippen LogP contribution is 2.34. The number of fused-ring (bicyclic) bond motifs is 1. The van der Waals surface area contributed by atoms with E-state index < -0.39 is 0 Å². The molecule has 1 fully saturated rings. The van der Waals surface area contributed by atoms with Crippen molar-refractivity contribution < 1.29 is 9.53 Å². The summed E-state index contributed by atoms with van der Waals surface area (Å²) in [5.74, 6) is 0.799. The van der Waals surface area contributed by atoms with Crippen molar-refractivity contribution in [3.05, 3.63) is 35.2 Å². The smallest absolute Gasteiger partial charge is 0.261 e. The zero-order chi connectivity index (χ0) is 20.9. The van der Waals surface area contributed by atoms with Crippen molar-refractivity contribution in [1.82, 2.24) is 20.0 Å². The van der Waals surface area contributed by atoms with Crippen molar-refractivity contribution in [3.8, 4) is 17.0 Å². The molecule has 0 spiro atoms. The van der Waals surface area contributed by atoms with Gasteiger partial charge in [-0.25, -0.2) is 0 Å². The first-order chi connectivity index (χ1) is 14.7. The number of hydrogen-bond donors (Lipinski definition) is 1. The number of carbonyl (C=O) groups excluding carboxylic acids is 1. The number of rotatable bonds is 7. The van der Waals surface area contributed by atoms with Gasteiger partial charge in [0.05, 0.1) is 12.0 Å². The van der Waals surface area contributed by atoms with E-state index in [4.69, 9.17) is 4.74 Å². The van der Waals surface area contributed by atoms with E-state index in [9.17, 15) is 4.79 Å². The Morgan fingerprint density at radius 3 is 2.77 bits per heavy atom. The first-order valence-electron chi connectivity index (χ1n) is 10.8. The van der Waals surface area contributed by atoms with Crippen LogP contribution in [0.2, 0.25) is 0 Å². The second-order valence-electron chi connectivity index (χ2n) is 7.90. The number of likely N-dealkylation sites (tertiary alicyclic amines) is 1. The van der Waals surface area contributed by atoms with Gasteiger partial charge in [-0.15, -0.1) is 11.3 Å². The van der Waals surface area contributed by atoms with E-state index in [0.29, 0.717) is 6.54 Å². The van der Waals surface area contributed by atoms with Crippen LogP contribution in [-0.2, 0) is 7.05 Å². The molecule has 0 bridgehead atoms. The third kappa shape index (κ3) is 4.68. The number of ether oxygens (including phenoxy) is 1. The summed E-state index contributed by atoms with van der Waals surface area (Å²) < 4.78 is 7.20. The number of thiophene rings is 1. The van der Waals surface area contributed by atoms with Gasteiger partial charge >= 0.3 is 0 Å². The molecule has 4 rings (SSSR count). The number of nitrogens with one attached hydrogen (secondary N) is 1. The SMILES string of the molecule is COc1cccc(-c2nn(C)c3sc(C(=O)NCCCN4CCCCCC4)cc23)c1. The Kier molecular flexibility index (Phi) is 6.69. The van der Waals surface area contributed by atoms with Crippen molar-refractivity contribution in [2.45, 2.75) is 32.1 Å². The van der Waals surface area contributed by atoms with Crippen LogP contribution in [-0.4, -0.2) is 53.9 Å². The van der Waals surface area contributed by atoms with Gasteiger partial charge in [-0.05, 0) is 57.1 Å². The van der Waals surface area contributed by atoms with Crippen LogP contribution < -0.4 is 10.1 Å². The fraction of sp³-hybridized carbons (Fsp3) is 0.478. The van der Waals surface area contributed by atoms with E-state index in [1.807, 2.05) is 42.1 Å². The fourth-order valence-electron chi connectivity index (χ4n) is 4.09. The summed E-state index contributed by atoms with van der Waals surface area (Å²) in [4.78, 5) is 17.0. The molecule has 2 aromatic heterocycles. The van der Waals surface area contributed by atoms with Crippen LogP contribution in [0.3, 0.4) is 0 Å². The normalized spacial score (nSPS) is 15.3. The van der Waals surface area contributed by atoms with Gasteiger partial charge in [-0.3, -0.25) is 9.48 Å². The van der Waals surface area contributed by atoms with Crippen LogP contribution in [0.1, 0.15) is 41.8 Å². The monoisotopic (exact) mass is 426 g/mol. The summed E-state index contributed by atoms with van der Waals surface area (Å²) in [5, 5.41) is 8.77. The molecule has 1 aliphatic heterocycles. The zero-order valence-electron chi connectivity index (χ0n) is 17.8. The predicted molar refractivity (Wildman–Crippen MR) is 122 cm³/mol. The van der Waals surface area contributed by atoms with Gasteiger partial charge in [0, 0.05) is 24.5 Å². The highest BCUT2D eigenvalue weighted by molar-refractivity contribution is 7.20. The van der Waals surface area contributed by atoms with Gasteiger partial charge < -0.3 is 15.0 Å². The summed E-state index contributed by atoms with van der Waals surface area (Å²) >= 11 is 1.49. The minimum Gasteiger partial charge on any atom is -0.497 e. The standard InChI is InChI=1S/C23H30N4O2S/c1-26-23-19(21(25-26)17-9-7-10-18(15-17)29-2)16-20(30-23)22(28)24-11-8-14-27-12-5-3-4-6-13-27/h7,9-10,15-16H,3-6,8,11-14H2,1-2H3,(H,24,28). The quantitative estimate of drug-likeness (QED) is 0.572. The first-order valence-corrected chi connectivity index (χ1v) is 11.6. The molecular weight excluding hydrogens is 396 g/mol. The van der Waals surface area contributed by atoms with Crippen molar-refractivity contribution in [3.63, 3.8) is 0 Å². The molecule has 160 valence electrons. The van der Waals surface area contributed by atoms with Crippen molar-refractivity contribution in [2.75, 3.05) is 33.3 Å². The van der Waals surface area contributed by atoms with E-state index >= 15 is 0 Å². The molecule has 6 nitrogen and oxygen atoms in total. The molecule has 0 unspecified atom stereocenters. The number of nitrogens with zero attached hydrogens (tertiary/aromatic N) is 3. The molecule has 0 saturated carbocycles. The molecule has 7 heteroatoms. The molecule has 0 radical (unpaired) electrons. The maximum Gasteiger partial charge on any atom is 0.261 e. The Morgan fingerprint density at radius 1 is 1.20 bits per heavy atom. The van der Waals surface area contributed by atoms with Crippen molar-refractivity contribution in [2.24, 2.45) is 7.05 Å². The Bertz CT molecular complexity index is 1000. The van der Waals surface area contributed by atoms with Gasteiger partial charge in [-0.1, -0.05) is 25.0 Å². The summed E-state index contributed by atoms with van der Waals surface area (Å²) in [6, 6.07) is 9.83. The molecule has 30 heavy (non-hydrogen) atoms. The largest absolute Gasteiger partial charge is 0.497 e. The molecule has 1 aliphatic rings. The van der Waals surface area contributed by atoms with Crippen LogP contribution in [0, 0.1) is 0 Å². The molecule has 1 saturated heterocycles. The van der Waals surface area contributed by atoms with Crippen LogP contribution in [0.4, 0.5) is 0 Å². The predicted octanol–water partition coefficient (Wildman–Crippen LogP) is 4.31. The maximum absolute atomic E-state index is 12.7. The van der Waals surface area contributed by atoms with Crippen molar-refractivity contribution in [1.29, 1.82) is 0 Å². The summed E-state index contributed by atoms with van der Waals surface area (Å²) in [5.41, 5.74) is 1.87. The highest BCUT2D eigenvalue weighted by atomic mass is 32.1. The average molecular weight is 427 g/mol. The first kappa shape index (κ1) is 20.9. The Hall–Kier alpha value is -2.38. The summed E-state index contributed by atoms with van der Waals surface area (Å²) in [6.45, 7) is 4.18. The Balaban J connectivity index is 1.41. The second-order valence-corrected chi connectivity index (χ2v) is 8.93. The third-order valence-corrected chi connectivity index (χ3v) is 6.91. The number of aryl methyl sites for hydroxylation is 1. The average Bonchev–Trinajstić information content (AvgIpc) is 3.22. The lowest BCUT2D eigenvalue weighted by Gasteiger charge is -2.19. The molecule has 0 aliphatic carbocycles. The van der Waals surface area contributed by atoms with Gasteiger partial charge in [-0.2, -0.15) is 5.10 Å². The molecule has 1 aromatic carbocycles.